The number of aliphatic carboxylic acids is 1. The Labute approximate surface area is 200 Å². The summed E-state index contributed by atoms with van der Waals surface area (Å²) in [6.45, 7) is 5.35. The van der Waals surface area contributed by atoms with Crippen LogP contribution in [0.2, 0.25) is 5.02 Å². The minimum absolute atomic E-state index is 0.189. The average Bonchev–Trinajstić information content (AvgIpc) is 3.21. The maximum Gasteiger partial charge on any atom is 0.340 e. The first-order valence-electron chi connectivity index (χ1n) is 10.9. The van der Waals surface area contributed by atoms with Crippen molar-refractivity contribution in [1.82, 2.24) is 5.32 Å². The highest BCUT2D eigenvalue weighted by atomic mass is 35.5. The van der Waals surface area contributed by atoms with E-state index in [1.165, 1.54) is 0 Å². The monoisotopic (exact) mass is 481 g/mol. The first-order valence-corrected chi connectivity index (χ1v) is 11.3. The summed E-state index contributed by atoms with van der Waals surface area (Å²) in [5.41, 5.74) is 2.83. The Hall–Kier alpha value is -3.58. The summed E-state index contributed by atoms with van der Waals surface area (Å²) in [6, 6.07) is 9.87. The zero-order valence-electron chi connectivity index (χ0n) is 19.0. The number of aryl methyl sites for hydroxylation is 1. The summed E-state index contributed by atoms with van der Waals surface area (Å²) in [4.78, 5) is 36.9. The van der Waals surface area contributed by atoms with Crippen LogP contribution in [0.4, 0.5) is 0 Å². The lowest BCUT2D eigenvalue weighted by Crippen LogP contribution is -2.45. The molecule has 0 radical (unpaired) electrons. The Morgan fingerprint density at radius 3 is 2.47 bits per heavy atom. The number of benzene rings is 2. The fourth-order valence-corrected chi connectivity index (χ4v) is 4.16. The van der Waals surface area contributed by atoms with Gasteiger partial charge in [-0.3, -0.25) is 4.79 Å². The molecule has 1 amide bonds. The second-order valence-electron chi connectivity index (χ2n) is 8.44. The van der Waals surface area contributed by atoms with E-state index in [9.17, 15) is 19.5 Å². The lowest BCUT2D eigenvalue weighted by Gasteiger charge is -2.20. The van der Waals surface area contributed by atoms with Gasteiger partial charge in [0.2, 0.25) is 5.91 Å². The van der Waals surface area contributed by atoms with Gasteiger partial charge in [0.15, 0.2) is 0 Å². The molecule has 0 spiro atoms. The molecule has 34 heavy (non-hydrogen) atoms. The molecule has 2 aromatic heterocycles. The van der Waals surface area contributed by atoms with E-state index in [1.54, 1.807) is 38.3 Å². The van der Waals surface area contributed by atoms with Crippen molar-refractivity contribution in [3.05, 3.63) is 69.2 Å². The largest absolute Gasteiger partial charge is 0.480 e. The van der Waals surface area contributed by atoms with Crippen LogP contribution in [0.3, 0.4) is 0 Å². The van der Waals surface area contributed by atoms with Crippen molar-refractivity contribution >= 4 is 45.4 Å². The number of hydrogen-bond acceptors (Lipinski definition) is 5. The Morgan fingerprint density at radius 2 is 1.82 bits per heavy atom. The molecule has 0 aliphatic carbocycles. The summed E-state index contributed by atoms with van der Waals surface area (Å²) in [7, 11) is 0. The quantitative estimate of drug-likeness (QED) is 0.345. The van der Waals surface area contributed by atoms with Crippen molar-refractivity contribution in [2.24, 2.45) is 5.92 Å². The number of furan rings is 1. The normalized spacial score (nSPS) is 13.2. The van der Waals surface area contributed by atoms with E-state index >= 15 is 0 Å². The second kappa shape index (κ2) is 9.35. The zero-order valence-corrected chi connectivity index (χ0v) is 19.7. The number of hydrogen-bond donors (Lipinski definition) is 2. The molecule has 4 aromatic rings. The fraction of sp³-hybridized carbons (Fsp3) is 0.269. The first kappa shape index (κ1) is 23.6. The van der Waals surface area contributed by atoms with Crippen molar-refractivity contribution in [1.29, 1.82) is 0 Å². The standard InChI is InChI=1S/C26H24ClNO6/c1-4-13(2)24(25(30)31)28-23(29)10-18-14(3)17-9-19-20(15-5-7-16(27)8-6-15)12-33-21(19)11-22(17)34-26(18)32/h5-9,11-13,24H,4,10H2,1-3H3,(H,28,29)(H,30,31). The van der Waals surface area contributed by atoms with Gasteiger partial charge in [0.05, 0.1) is 18.2 Å². The van der Waals surface area contributed by atoms with Crippen molar-refractivity contribution in [2.45, 2.75) is 39.7 Å². The second-order valence-corrected chi connectivity index (χ2v) is 8.88. The number of nitrogens with one attached hydrogen (secondary N) is 1. The summed E-state index contributed by atoms with van der Waals surface area (Å²) >= 11 is 6.01. The first-order chi connectivity index (χ1) is 16.2. The SMILES string of the molecule is CCC(C)C(NC(=O)Cc1c(C)c2cc3c(-c4ccc(Cl)cc4)coc3cc2oc1=O)C(=O)O. The van der Waals surface area contributed by atoms with Crippen molar-refractivity contribution in [2.75, 3.05) is 0 Å². The highest BCUT2D eigenvalue weighted by Crippen LogP contribution is 2.35. The van der Waals surface area contributed by atoms with Crippen LogP contribution in [0.15, 0.2) is 56.3 Å². The third kappa shape index (κ3) is 4.43. The molecule has 4 rings (SSSR count). The van der Waals surface area contributed by atoms with Crippen LogP contribution >= 0.6 is 11.6 Å². The van der Waals surface area contributed by atoms with Gasteiger partial charge in [-0.15, -0.1) is 0 Å². The van der Waals surface area contributed by atoms with Crippen LogP contribution in [0.5, 0.6) is 0 Å². The van der Waals surface area contributed by atoms with Gasteiger partial charge < -0.3 is 19.3 Å². The number of carboxylic acids is 1. The van der Waals surface area contributed by atoms with Gasteiger partial charge in [-0.1, -0.05) is 44.0 Å². The number of rotatable bonds is 7. The smallest absolute Gasteiger partial charge is 0.340 e. The third-order valence-corrected chi connectivity index (χ3v) is 6.52. The van der Waals surface area contributed by atoms with Crippen molar-refractivity contribution < 1.29 is 23.5 Å². The lowest BCUT2D eigenvalue weighted by atomic mass is 9.97. The predicted octanol–water partition coefficient (Wildman–Crippen LogP) is 5.33. The number of carboxylic acid groups (broad SMARTS) is 1. The van der Waals surface area contributed by atoms with Gasteiger partial charge >= 0.3 is 11.6 Å². The van der Waals surface area contributed by atoms with Crippen LogP contribution in [0.25, 0.3) is 33.1 Å². The number of amides is 1. The molecule has 8 heteroatoms. The minimum atomic E-state index is -1.11. The van der Waals surface area contributed by atoms with E-state index in [2.05, 4.69) is 5.32 Å². The Bertz CT molecular complexity index is 1450. The fourth-order valence-electron chi connectivity index (χ4n) is 4.04. The van der Waals surface area contributed by atoms with Crippen molar-refractivity contribution in [3.63, 3.8) is 0 Å². The van der Waals surface area contributed by atoms with Gasteiger partial charge in [-0.25, -0.2) is 9.59 Å². The molecule has 2 heterocycles. The number of fused-ring (bicyclic) bond motifs is 2. The number of carbonyl (C=O) groups excluding carboxylic acids is 1. The van der Waals surface area contributed by atoms with Gasteiger partial charge in [0.25, 0.3) is 0 Å². The van der Waals surface area contributed by atoms with Crippen LogP contribution in [-0.2, 0) is 16.0 Å². The molecule has 0 bridgehead atoms. The summed E-state index contributed by atoms with van der Waals surface area (Å²) < 4.78 is 11.2. The van der Waals surface area contributed by atoms with Crippen LogP contribution in [-0.4, -0.2) is 23.0 Å². The summed E-state index contributed by atoms with van der Waals surface area (Å²) in [5, 5.41) is 14.1. The molecule has 0 aliphatic heterocycles. The molecular formula is C26H24ClNO6. The number of carbonyl (C=O) groups is 2. The van der Waals surface area contributed by atoms with E-state index in [1.807, 2.05) is 25.1 Å². The molecule has 176 valence electrons. The molecule has 0 aliphatic rings. The maximum absolute atomic E-state index is 12.7. The van der Waals surface area contributed by atoms with E-state index in [4.69, 9.17) is 20.4 Å². The highest BCUT2D eigenvalue weighted by Gasteiger charge is 2.26. The molecule has 0 fully saturated rings. The van der Waals surface area contributed by atoms with E-state index < -0.39 is 23.5 Å². The van der Waals surface area contributed by atoms with Gasteiger partial charge in [-0.05, 0) is 42.2 Å². The van der Waals surface area contributed by atoms with Crippen LogP contribution < -0.4 is 10.9 Å². The molecule has 7 nitrogen and oxygen atoms in total. The van der Waals surface area contributed by atoms with Crippen molar-refractivity contribution in [3.8, 4) is 11.1 Å². The number of halogens is 1. The molecule has 2 aromatic carbocycles. The molecular weight excluding hydrogens is 458 g/mol. The van der Waals surface area contributed by atoms with Crippen LogP contribution in [0.1, 0.15) is 31.4 Å². The Morgan fingerprint density at radius 1 is 1.12 bits per heavy atom. The highest BCUT2D eigenvalue weighted by molar-refractivity contribution is 6.30. The summed E-state index contributed by atoms with van der Waals surface area (Å²) in [5.74, 6) is -1.91. The summed E-state index contributed by atoms with van der Waals surface area (Å²) in [6.07, 6.45) is 1.94. The topological polar surface area (TPSA) is 110 Å². The molecule has 0 saturated carbocycles. The lowest BCUT2D eigenvalue weighted by molar-refractivity contribution is -0.143. The van der Waals surface area contributed by atoms with Gasteiger partial charge in [0.1, 0.15) is 17.2 Å². The Balaban J connectivity index is 1.74. The molecule has 2 unspecified atom stereocenters. The Kier molecular flexibility index (Phi) is 6.48. The van der Waals surface area contributed by atoms with E-state index in [-0.39, 0.29) is 17.9 Å². The predicted molar refractivity (Wildman–Crippen MR) is 130 cm³/mol. The third-order valence-electron chi connectivity index (χ3n) is 6.27. The maximum atomic E-state index is 12.7. The van der Waals surface area contributed by atoms with E-state index in [0.717, 1.165) is 16.5 Å². The van der Waals surface area contributed by atoms with Gasteiger partial charge in [-0.2, -0.15) is 0 Å². The van der Waals surface area contributed by atoms with E-state index in [0.29, 0.717) is 33.6 Å². The zero-order chi connectivity index (χ0) is 24.6. The van der Waals surface area contributed by atoms with Crippen LogP contribution in [0, 0.1) is 12.8 Å². The van der Waals surface area contributed by atoms with Gasteiger partial charge in [0, 0.05) is 27.4 Å². The molecule has 2 atom stereocenters. The molecule has 2 N–H and O–H groups in total. The minimum Gasteiger partial charge on any atom is -0.480 e. The molecule has 0 saturated heterocycles. The average molecular weight is 482 g/mol.